The van der Waals surface area contributed by atoms with Gasteiger partial charge in [-0.25, -0.2) is 0 Å². The van der Waals surface area contributed by atoms with Gasteiger partial charge in [0, 0.05) is 6.54 Å². The van der Waals surface area contributed by atoms with E-state index in [0.29, 0.717) is 18.4 Å². The SMILES string of the molecule is CS(=O)(=O)OCC1CN2CCC1CC2.[CH2-]CCC.[Li+]. The molecule has 0 saturated carbocycles. The molecule has 0 aliphatic carbocycles. The summed E-state index contributed by atoms with van der Waals surface area (Å²) >= 11 is 0. The van der Waals surface area contributed by atoms with E-state index in [1.807, 2.05) is 0 Å². The van der Waals surface area contributed by atoms with Crippen molar-refractivity contribution >= 4 is 10.1 Å². The van der Waals surface area contributed by atoms with E-state index in [1.54, 1.807) is 0 Å². The Morgan fingerprint density at radius 1 is 1.32 bits per heavy atom. The van der Waals surface area contributed by atoms with Crippen LogP contribution in [0, 0.1) is 18.8 Å². The Labute approximate surface area is 130 Å². The van der Waals surface area contributed by atoms with Gasteiger partial charge < -0.3 is 11.8 Å². The van der Waals surface area contributed by atoms with Crippen molar-refractivity contribution in [2.45, 2.75) is 32.6 Å². The number of nitrogens with zero attached hydrogens (tertiary/aromatic N) is 1. The average molecular weight is 283 g/mol. The van der Waals surface area contributed by atoms with Gasteiger partial charge in [-0.2, -0.15) is 14.8 Å². The predicted octanol–water partition coefficient (Wildman–Crippen LogP) is -1.07. The number of hydrogen-bond acceptors (Lipinski definition) is 4. The van der Waals surface area contributed by atoms with Crippen molar-refractivity contribution in [3.8, 4) is 0 Å². The number of hydrogen-bond donors (Lipinski definition) is 0. The van der Waals surface area contributed by atoms with Crippen molar-refractivity contribution in [2.24, 2.45) is 11.8 Å². The largest absolute Gasteiger partial charge is 1.00 e. The van der Waals surface area contributed by atoms with E-state index in [9.17, 15) is 8.42 Å². The summed E-state index contributed by atoms with van der Waals surface area (Å²) in [5.41, 5.74) is 0. The van der Waals surface area contributed by atoms with Gasteiger partial charge in [-0.15, -0.1) is 0 Å². The van der Waals surface area contributed by atoms with Crippen LogP contribution < -0.4 is 18.9 Å². The average Bonchev–Trinajstić information content (AvgIpc) is 2.37. The summed E-state index contributed by atoms with van der Waals surface area (Å²) in [6.45, 7) is 9.47. The summed E-state index contributed by atoms with van der Waals surface area (Å²) in [6, 6.07) is 0. The first-order valence-electron chi connectivity index (χ1n) is 6.82. The third-order valence-corrected chi connectivity index (χ3v) is 4.21. The number of fused-ring (bicyclic) bond motifs is 3. The second-order valence-electron chi connectivity index (χ2n) is 5.24. The van der Waals surface area contributed by atoms with Gasteiger partial charge in [-0.05, 0) is 37.8 Å². The zero-order chi connectivity index (χ0) is 13.6. The normalized spacial score (nSPS) is 29.1. The molecular weight excluding hydrogens is 257 g/mol. The Kier molecular flexibility index (Phi) is 9.64. The van der Waals surface area contributed by atoms with Crippen LogP contribution in [0.1, 0.15) is 32.6 Å². The Morgan fingerprint density at radius 3 is 2.16 bits per heavy atom. The van der Waals surface area contributed by atoms with E-state index in [0.717, 1.165) is 19.2 Å². The molecule has 3 fully saturated rings. The van der Waals surface area contributed by atoms with Crippen molar-refractivity contribution in [1.29, 1.82) is 0 Å². The summed E-state index contributed by atoms with van der Waals surface area (Å²) < 4.78 is 26.6. The Bertz CT molecular complexity index is 325. The monoisotopic (exact) mass is 283 g/mol. The van der Waals surface area contributed by atoms with E-state index in [4.69, 9.17) is 4.18 Å². The van der Waals surface area contributed by atoms with Crippen LogP contribution in [-0.4, -0.2) is 45.8 Å². The molecule has 3 aliphatic heterocycles. The fraction of sp³-hybridized carbons (Fsp3) is 0.923. The molecule has 0 radical (unpaired) electrons. The first-order chi connectivity index (χ1) is 8.46. The molecule has 0 aromatic rings. The Hall–Kier alpha value is 0.467. The van der Waals surface area contributed by atoms with Crippen molar-refractivity contribution in [3.05, 3.63) is 6.92 Å². The minimum Gasteiger partial charge on any atom is -0.343 e. The van der Waals surface area contributed by atoms with Gasteiger partial charge in [0.15, 0.2) is 0 Å². The summed E-state index contributed by atoms with van der Waals surface area (Å²) in [4.78, 5) is 2.40. The summed E-state index contributed by atoms with van der Waals surface area (Å²) in [7, 11) is -3.26. The third kappa shape index (κ3) is 7.72. The molecule has 3 aliphatic rings. The van der Waals surface area contributed by atoms with Gasteiger partial charge in [0.2, 0.25) is 0 Å². The van der Waals surface area contributed by atoms with Gasteiger partial charge in [-0.1, -0.05) is 13.3 Å². The van der Waals surface area contributed by atoms with Crippen LogP contribution in [0.3, 0.4) is 0 Å². The fourth-order valence-electron chi connectivity index (χ4n) is 2.49. The maximum Gasteiger partial charge on any atom is 1.00 e. The number of unbranched alkanes of at least 4 members (excludes halogenated alkanes) is 1. The minimum atomic E-state index is -3.26. The molecule has 3 saturated heterocycles. The molecule has 1 atom stereocenters. The summed E-state index contributed by atoms with van der Waals surface area (Å²) in [5.74, 6) is 1.11. The van der Waals surface area contributed by atoms with Crippen molar-refractivity contribution in [2.75, 3.05) is 32.5 Å². The standard InChI is InChI=1S/C9H17NO3S.C4H9.Li/c1-14(11,12)13-7-9-6-10-4-2-8(9)3-5-10;1-3-4-2;/h8-9H,2-7H2,1H3;1,3-4H2,2H3;/q;-1;+1. The second-order valence-corrected chi connectivity index (χ2v) is 6.88. The molecule has 0 spiro atoms. The molecule has 6 heteroatoms. The van der Waals surface area contributed by atoms with Gasteiger partial charge in [0.25, 0.3) is 10.1 Å². The maximum absolute atomic E-state index is 10.8. The molecule has 0 amide bonds. The topological polar surface area (TPSA) is 46.6 Å². The molecule has 0 aromatic carbocycles. The zero-order valence-electron chi connectivity index (χ0n) is 12.6. The molecule has 3 heterocycles. The molecule has 2 bridgehead atoms. The van der Waals surface area contributed by atoms with Gasteiger partial charge >= 0.3 is 18.9 Å². The van der Waals surface area contributed by atoms with Crippen LogP contribution in [0.25, 0.3) is 0 Å². The van der Waals surface area contributed by atoms with Gasteiger partial charge in [-0.3, -0.25) is 4.18 Å². The van der Waals surface area contributed by atoms with E-state index in [-0.39, 0.29) is 18.9 Å². The van der Waals surface area contributed by atoms with E-state index in [2.05, 4.69) is 18.7 Å². The Balaban J connectivity index is 0.000000576. The van der Waals surface area contributed by atoms with Gasteiger partial charge in [0.05, 0.1) is 12.9 Å². The third-order valence-electron chi connectivity index (χ3n) is 3.64. The molecule has 0 N–H and O–H groups in total. The van der Waals surface area contributed by atoms with E-state index in [1.165, 1.54) is 32.4 Å². The van der Waals surface area contributed by atoms with Crippen LogP contribution in [0.4, 0.5) is 0 Å². The first-order valence-corrected chi connectivity index (χ1v) is 8.64. The van der Waals surface area contributed by atoms with Crippen LogP contribution in [0.15, 0.2) is 0 Å². The Morgan fingerprint density at radius 2 is 1.84 bits per heavy atom. The van der Waals surface area contributed by atoms with E-state index < -0.39 is 10.1 Å². The van der Waals surface area contributed by atoms with Crippen LogP contribution in [-0.2, 0) is 14.3 Å². The van der Waals surface area contributed by atoms with Crippen molar-refractivity contribution < 1.29 is 31.5 Å². The quantitative estimate of drug-likeness (QED) is 0.374. The van der Waals surface area contributed by atoms with E-state index >= 15 is 0 Å². The molecule has 19 heavy (non-hydrogen) atoms. The smallest absolute Gasteiger partial charge is 0.343 e. The predicted molar refractivity (Wildman–Crippen MR) is 73.7 cm³/mol. The molecule has 3 rings (SSSR count). The van der Waals surface area contributed by atoms with Crippen LogP contribution in [0.2, 0.25) is 0 Å². The zero-order valence-corrected chi connectivity index (χ0v) is 13.4. The molecular formula is C13H26LiNO3S. The van der Waals surface area contributed by atoms with Gasteiger partial charge in [0.1, 0.15) is 0 Å². The molecule has 1 unspecified atom stereocenters. The fourth-order valence-corrected chi connectivity index (χ4v) is 2.91. The van der Waals surface area contributed by atoms with Crippen LogP contribution in [0.5, 0.6) is 0 Å². The summed E-state index contributed by atoms with van der Waals surface area (Å²) in [5, 5.41) is 0. The molecule has 108 valence electrons. The summed E-state index contributed by atoms with van der Waals surface area (Å²) in [6.07, 6.45) is 5.81. The minimum absolute atomic E-state index is 0. The van der Waals surface area contributed by atoms with Crippen LogP contribution >= 0.6 is 0 Å². The molecule has 4 nitrogen and oxygen atoms in total. The number of rotatable bonds is 4. The second kappa shape index (κ2) is 9.41. The van der Waals surface area contributed by atoms with Crippen molar-refractivity contribution in [3.63, 3.8) is 0 Å². The maximum atomic E-state index is 10.8. The van der Waals surface area contributed by atoms with Crippen molar-refractivity contribution in [1.82, 2.24) is 4.90 Å². The molecule has 0 aromatic heterocycles. The first kappa shape index (κ1) is 19.5. The number of piperidine rings is 3.